The van der Waals surface area contributed by atoms with Crippen molar-refractivity contribution < 1.29 is 0 Å². The molecule has 108 valence electrons. The van der Waals surface area contributed by atoms with Crippen molar-refractivity contribution in [3.8, 4) is 0 Å². The lowest BCUT2D eigenvalue weighted by atomic mass is 10.2. The van der Waals surface area contributed by atoms with E-state index < -0.39 is 0 Å². The van der Waals surface area contributed by atoms with Gasteiger partial charge in [0.1, 0.15) is 0 Å². The third-order valence-corrected chi connectivity index (χ3v) is 6.65. The monoisotopic (exact) mass is 289 g/mol. The summed E-state index contributed by atoms with van der Waals surface area (Å²) in [6.45, 7) is 15.4. The van der Waals surface area contributed by atoms with Crippen LogP contribution < -0.4 is 5.09 Å². The second kappa shape index (κ2) is 11.3. The zero-order chi connectivity index (χ0) is 14.0. The standard InChI is InChI=1S/C15H32NPS/c1-7-8-10-17(16-14(4)5)11-9-12-18-15(6)13(2)3/h13-14,16H,6-12H2,1-5H3. The summed E-state index contributed by atoms with van der Waals surface area (Å²) in [5.41, 5.74) is 0. The smallest absolute Gasteiger partial charge is 0.00467 e. The van der Waals surface area contributed by atoms with Gasteiger partial charge >= 0.3 is 0 Å². The van der Waals surface area contributed by atoms with Crippen molar-refractivity contribution in [3.63, 3.8) is 0 Å². The molecule has 0 fully saturated rings. The highest BCUT2D eigenvalue weighted by atomic mass is 32.2. The van der Waals surface area contributed by atoms with E-state index in [2.05, 4.69) is 46.3 Å². The lowest BCUT2D eigenvalue weighted by Crippen LogP contribution is -2.19. The summed E-state index contributed by atoms with van der Waals surface area (Å²) in [4.78, 5) is 1.34. The third-order valence-electron chi connectivity index (χ3n) is 2.73. The molecule has 0 aliphatic rings. The first kappa shape index (κ1) is 18.5. The van der Waals surface area contributed by atoms with Crippen LogP contribution >= 0.6 is 19.8 Å². The van der Waals surface area contributed by atoms with Gasteiger partial charge in [0.15, 0.2) is 0 Å². The Morgan fingerprint density at radius 1 is 1.17 bits per heavy atom. The molecule has 0 saturated heterocycles. The molecular formula is C15H32NPS. The fourth-order valence-electron chi connectivity index (χ4n) is 1.58. The number of hydrogen-bond donors (Lipinski definition) is 1. The molecule has 0 aliphatic heterocycles. The molecule has 1 nitrogen and oxygen atoms in total. The average molecular weight is 289 g/mol. The fourth-order valence-corrected chi connectivity index (χ4v) is 5.13. The van der Waals surface area contributed by atoms with E-state index in [1.54, 1.807) is 0 Å². The second-order valence-corrected chi connectivity index (χ2v) is 8.90. The molecular weight excluding hydrogens is 257 g/mol. The van der Waals surface area contributed by atoms with Crippen LogP contribution in [0.5, 0.6) is 0 Å². The van der Waals surface area contributed by atoms with E-state index in [0.717, 1.165) is 0 Å². The van der Waals surface area contributed by atoms with Crippen LogP contribution in [0.1, 0.15) is 53.9 Å². The van der Waals surface area contributed by atoms with Crippen molar-refractivity contribution in [2.45, 2.75) is 59.9 Å². The maximum Gasteiger partial charge on any atom is 0.00467 e. The van der Waals surface area contributed by atoms with Gasteiger partial charge in [-0.05, 0) is 63.7 Å². The first-order chi connectivity index (χ1) is 8.47. The molecule has 0 aromatic rings. The van der Waals surface area contributed by atoms with Crippen molar-refractivity contribution in [1.29, 1.82) is 0 Å². The van der Waals surface area contributed by atoms with E-state index in [1.165, 1.54) is 42.2 Å². The van der Waals surface area contributed by atoms with E-state index >= 15 is 0 Å². The molecule has 0 spiro atoms. The van der Waals surface area contributed by atoms with Crippen LogP contribution in [0.15, 0.2) is 11.5 Å². The lowest BCUT2D eigenvalue weighted by molar-refractivity contribution is 0.750. The number of rotatable bonds is 11. The molecule has 0 radical (unpaired) electrons. The van der Waals surface area contributed by atoms with E-state index in [9.17, 15) is 0 Å². The van der Waals surface area contributed by atoms with Crippen molar-refractivity contribution in [3.05, 3.63) is 11.5 Å². The molecule has 3 heteroatoms. The molecule has 0 aliphatic carbocycles. The first-order valence-corrected chi connectivity index (χ1v) is 9.99. The van der Waals surface area contributed by atoms with Gasteiger partial charge in [0.25, 0.3) is 0 Å². The number of allylic oxidation sites excluding steroid dienone is 1. The Bertz CT molecular complexity index is 217. The van der Waals surface area contributed by atoms with E-state index in [-0.39, 0.29) is 8.07 Å². The minimum atomic E-state index is 0.0548. The Labute approximate surface area is 120 Å². The topological polar surface area (TPSA) is 12.0 Å². The number of hydrogen-bond acceptors (Lipinski definition) is 2. The maximum absolute atomic E-state index is 4.12. The van der Waals surface area contributed by atoms with Crippen LogP contribution in [-0.4, -0.2) is 24.1 Å². The summed E-state index contributed by atoms with van der Waals surface area (Å²) in [7, 11) is 0.0548. The van der Waals surface area contributed by atoms with Gasteiger partial charge in [-0.1, -0.05) is 33.8 Å². The van der Waals surface area contributed by atoms with Gasteiger partial charge in [-0.2, -0.15) is 0 Å². The van der Waals surface area contributed by atoms with Crippen LogP contribution in [0.3, 0.4) is 0 Å². The van der Waals surface area contributed by atoms with E-state index in [4.69, 9.17) is 0 Å². The molecule has 0 heterocycles. The van der Waals surface area contributed by atoms with Gasteiger partial charge < -0.3 is 0 Å². The molecule has 1 unspecified atom stereocenters. The lowest BCUT2D eigenvalue weighted by Gasteiger charge is -2.21. The van der Waals surface area contributed by atoms with Gasteiger partial charge in [-0.15, -0.1) is 11.8 Å². The predicted octanol–water partition coefficient (Wildman–Crippen LogP) is 5.47. The second-order valence-electron chi connectivity index (χ2n) is 5.45. The molecule has 0 aromatic carbocycles. The minimum absolute atomic E-state index is 0.0548. The van der Waals surface area contributed by atoms with Gasteiger partial charge in [-0.3, -0.25) is 5.09 Å². The van der Waals surface area contributed by atoms with Gasteiger partial charge in [0, 0.05) is 6.04 Å². The Hall–Kier alpha value is 0.480. The average Bonchev–Trinajstić information content (AvgIpc) is 2.29. The summed E-state index contributed by atoms with van der Waals surface area (Å²) < 4.78 is 0. The predicted molar refractivity (Wildman–Crippen MR) is 90.9 cm³/mol. The van der Waals surface area contributed by atoms with Crippen molar-refractivity contribution in [2.75, 3.05) is 18.1 Å². The molecule has 1 atom stereocenters. The van der Waals surface area contributed by atoms with Gasteiger partial charge in [0.2, 0.25) is 0 Å². The van der Waals surface area contributed by atoms with Crippen LogP contribution in [-0.2, 0) is 0 Å². The summed E-state index contributed by atoms with van der Waals surface area (Å²) in [6.07, 6.45) is 6.77. The van der Waals surface area contributed by atoms with E-state index in [0.29, 0.717) is 12.0 Å². The number of nitrogens with one attached hydrogen (secondary N) is 1. The molecule has 0 aromatic heterocycles. The normalized spacial score (nSPS) is 13.3. The minimum Gasteiger partial charge on any atom is -0.293 e. The zero-order valence-corrected chi connectivity index (χ0v) is 14.7. The largest absolute Gasteiger partial charge is 0.293 e. The van der Waals surface area contributed by atoms with Crippen molar-refractivity contribution >= 4 is 19.8 Å². The third kappa shape index (κ3) is 10.4. The molecule has 18 heavy (non-hydrogen) atoms. The Kier molecular flexibility index (Phi) is 11.6. The highest BCUT2D eigenvalue weighted by molar-refractivity contribution is 8.03. The maximum atomic E-state index is 4.12. The SMILES string of the molecule is C=C(SCCCP(CCCC)NC(C)C)C(C)C. The van der Waals surface area contributed by atoms with Crippen LogP contribution in [0, 0.1) is 5.92 Å². The Morgan fingerprint density at radius 3 is 2.28 bits per heavy atom. The first-order valence-electron chi connectivity index (χ1n) is 7.30. The molecule has 0 rings (SSSR count). The quantitative estimate of drug-likeness (QED) is 0.399. The van der Waals surface area contributed by atoms with E-state index in [1.807, 2.05) is 11.8 Å². The highest BCUT2D eigenvalue weighted by Crippen LogP contribution is 2.34. The molecule has 0 amide bonds. The molecule has 1 N–H and O–H groups in total. The van der Waals surface area contributed by atoms with Crippen LogP contribution in [0.4, 0.5) is 0 Å². The van der Waals surface area contributed by atoms with Gasteiger partial charge in [-0.25, -0.2) is 0 Å². The Balaban J connectivity index is 3.77. The number of thioether (sulfide) groups is 1. The summed E-state index contributed by atoms with van der Waals surface area (Å²) in [6, 6.07) is 0.631. The van der Waals surface area contributed by atoms with Crippen molar-refractivity contribution in [2.24, 2.45) is 5.92 Å². The highest BCUT2D eigenvalue weighted by Gasteiger charge is 2.09. The summed E-state index contributed by atoms with van der Waals surface area (Å²) >= 11 is 1.96. The van der Waals surface area contributed by atoms with Crippen LogP contribution in [0.25, 0.3) is 0 Å². The summed E-state index contributed by atoms with van der Waals surface area (Å²) in [5.74, 6) is 1.85. The van der Waals surface area contributed by atoms with Crippen LogP contribution in [0.2, 0.25) is 0 Å². The number of unbranched alkanes of at least 4 members (excludes halogenated alkanes) is 1. The van der Waals surface area contributed by atoms with Crippen molar-refractivity contribution in [1.82, 2.24) is 5.09 Å². The molecule has 0 bridgehead atoms. The van der Waals surface area contributed by atoms with Gasteiger partial charge in [0.05, 0.1) is 0 Å². The zero-order valence-electron chi connectivity index (χ0n) is 13.0. The summed E-state index contributed by atoms with van der Waals surface area (Å²) in [5, 5.41) is 3.76. The fraction of sp³-hybridized carbons (Fsp3) is 0.867. The Morgan fingerprint density at radius 2 is 1.78 bits per heavy atom. The molecule has 0 saturated carbocycles.